The van der Waals surface area contributed by atoms with Gasteiger partial charge in [0.05, 0.1) is 0 Å². The summed E-state index contributed by atoms with van der Waals surface area (Å²) in [5.74, 6) is -0.120. The quantitative estimate of drug-likeness (QED) is 0.799. The summed E-state index contributed by atoms with van der Waals surface area (Å²) in [4.78, 5) is 13.2. The minimum Gasteiger partial charge on any atom is -0.460 e. The van der Waals surface area contributed by atoms with Crippen LogP contribution in [-0.4, -0.2) is 11.2 Å². The van der Waals surface area contributed by atoms with E-state index in [4.69, 9.17) is 4.74 Å². The van der Waals surface area contributed by atoms with Crippen molar-refractivity contribution in [2.75, 3.05) is 0 Å². The SMILES string of the molecule is O=C(OCc1ccccc1)C1Cc2ccccc2S1. The summed E-state index contributed by atoms with van der Waals surface area (Å²) in [6.07, 6.45) is 0.772. The van der Waals surface area contributed by atoms with E-state index in [0.717, 1.165) is 12.0 Å². The van der Waals surface area contributed by atoms with E-state index in [1.807, 2.05) is 42.5 Å². The first kappa shape index (κ1) is 12.3. The Morgan fingerprint density at radius 2 is 1.84 bits per heavy atom. The van der Waals surface area contributed by atoms with Crippen LogP contribution in [0.15, 0.2) is 59.5 Å². The van der Waals surface area contributed by atoms with E-state index in [9.17, 15) is 4.79 Å². The Bertz CT molecular complexity index is 555. The molecule has 0 saturated heterocycles. The highest BCUT2D eigenvalue weighted by Gasteiger charge is 2.29. The largest absolute Gasteiger partial charge is 0.460 e. The zero-order chi connectivity index (χ0) is 13.1. The molecular formula is C16H14O2S. The Balaban J connectivity index is 1.58. The topological polar surface area (TPSA) is 26.3 Å². The minimum absolute atomic E-state index is 0.0962. The predicted octanol–water partition coefficient (Wildman–Crippen LogP) is 3.45. The van der Waals surface area contributed by atoms with Gasteiger partial charge in [-0.1, -0.05) is 48.5 Å². The Morgan fingerprint density at radius 1 is 1.11 bits per heavy atom. The number of carbonyl (C=O) groups excluding carboxylic acids is 1. The molecule has 3 heteroatoms. The van der Waals surface area contributed by atoms with Crippen molar-refractivity contribution in [1.82, 2.24) is 0 Å². The summed E-state index contributed by atoms with van der Waals surface area (Å²) >= 11 is 1.60. The molecule has 0 bridgehead atoms. The maximum atomic E-state index is 12.0. The number of thioether (sulfide) groups is 1. The van der Waals surface area contributed by atoms with Gasteiger partial charge in [0.1, 0.15) is 11.9 Å². The zero-order valence-corrected chi connectivity index (χ0v) is 11.2. The average Bonchev–Trinajstić information content (AvgIpc) is 2.90. The molecule has 96 valence electrons. The van der Waals surface area contributed by atoms with Crippen LogP contribution >= 0.6 is 11.8 Å². The predicted molar refractivity (Wildman–Crippen MR) is 76.0 cm³/mol. The van der Waals surface area contributed by atoms with Gasteiger partial charge in [-0.15, -0.1) is 11.8 Å². The van der Waals surface area contributed by atoms with Crippen molar-refractivity contribution in [2.45, 2.75) is 23.2 Å². The van der Waals surface area contributed by atoms with E-state index in [1.54, 1.807) is 11.8 Å². The van der Waals surface area contributed by atoms with Gasteiger partial charge in [0.25, 0.3) is 0 Å². The molecule has 0 spiro atoms. The van der Waals surface area contributed by atoms with Crippen molar-refractivity contribution in [3.8, 4) is 0 Å². The van der Waals surface area contributed by atoms with Gasteiger partial charge in [-0.2, -0.15) is 0 Å². The molecular weight excluding hydrogens is 256 g/mol. The average molecular weight is 270 g/mol. The second-order valence-electron chi connectivity index (χ2n) is 4.51. The van der Waals surface area contributed by atoms with Crippen LogP contribution in [0.2, 0.25) is 0 Å². The second kappa shape index (κ2) is 5.49. The van der Waals surface area contributed by atoms with Crippen molar-refractivity contribution in [3.05, 3.63) is 65.7 Å². The molecule has 0 N–H and O–H groups in total. The van der Waals surface area contributed by atoms with Crippen molar-refractivity contribution < 1.29 is 9.53 Å². The fourth-order valence-electron chi connectivity index (χ4n) is 2.14. The number of hydrogen-bond acceptors (Lipinski definition) is 3. The van der Waals surface area contributed by atoms with Crippen LogP contribution in [-0.2, 0) is 22.6 Å². The van der Waals surface area contributed by atoms with Crippen molar-refractivity contribution >= 4 is 17.7 Å². The van der Waals surface area contributed by atoms with Gasteiger partial charge in [-0.3, -0.25) is 4.79 Å². The molecule has 2 nitrogen and oxygen atoms in total. The fraction of sp³-hybridized carbons (Fsp3) is 0.188. The van der Waals surface area contributed by atoms with Gasteiger partial charge >= 0.3 is 5.97 Å². The number of ether oxygens (including phenoxy) is 1. The summed E-state index contributed by atoms with van der Waals surface area (Å²) in [7, 11) is 0. The molecule has 1 unspecified atom stereocenters. The fourth-order valence-corrected chi connectivity index (χ4v) is 3.33. The van der Waals surface area contributed by atoms with E-state index >= 15 is 0 Å². The van der Waals surface area contributed by atoms with E-state index in [1.165, 1.54) is 10.5 Å². The normalized spacial score (nSPS) is 16.9. The van der Waals surface area contributed by atoms with Gasteiger partial charge in [-0.05, 0) is 23.6 Å². The van der Waals surface area contributed by atoms with Gasteiger partial charge in [0.2, 0.25) is 0 Å². The minimum atomic E-state index is -0.120. The smallest absolute Gasteiger partial charge is 0.320 e. The summed E-state index contributed by atoms with van der Waals surface area (Å²) in [6.45, 7) is 0.354. The zero-order valence-electron chi connectivity index (χ0n) is 10.4. The summed E-state index contributed by atoms with van der Waals surface area (Å²) in [5.41, 5.74) is 2.27. The summed E-state index contributed by atoms with van der Waals surface area (Å²) in [5, 5.41) is -0.0962. The monoisotopic (exact) mass is 270 g/mol. The first-order chi connectivity index (χ1) is 9.33. The van der Waals surface area contributed by atoms with E-state index in [0.29, 0.717) is 6.61 Å². The number of benzene rings is 2. The van der Waals surface area contributed by atoms with Crippen LogP contribution in [0.5, 0.6) is 0 Å². The van der Waals surface area contributed by atoms with Crippen LogP contribution in [0.1, 0.15) is 11.1 Å². The Morgan fingerprint density at radius 3 is 2.63 bits per heavy atom. The molecule has 3 rings (SSSR count). The van der Waals surface area contributed by atoms with E-state index < -0.39 is 0 Å². The molecule has 0 saturated carbocycles. The first-order valence-corrected chi connectivity index (χ1v) is 7.16. The number of rotatable bonds is 3. The van der Waals surface area contributed by atoms with Crippen LogP contribution in [0.4, 0.5) is 0 Å². The summed E-state index contributed by atoms with van der Waals surface area (Å²) < 4.78 is 5.38. The summed E-state index contributed by atoms with van der Waals surface area (Å²) in [6, 6.07) is 17.9. The molecule has 0 aliphatic carbocycles. The van der Waals surface area contributed by atoms with Gasteiger partial charge < -0.3 is 4.74 Å². The third kappa shape index (κ3) is 2.82. The molecule has 1 atom stereocenters. The molecule has 1 aliphatic rings. The Hall–Kier alpha value is -1.74. The molecule has 1 aliphatic heterocycles. The standard InChI is InChI=1S/C16H14O2S/c17-16(18-11-12-6-2-1-3-7-12)15-10-13-8-4-5-9-14(13)19-15/h1-9,15H,10-11H2. The molecule has 0 amide bonds. The second-order valence-corrected chi connectivity index (χ2v) is 5.76. The highest BCUT2D eigenvalue weighted by molar-refractivity contribution is 8.01. The third-order valence-corrected chi connectivity index (χ3v) is 4.43. The maximum Gasteiger partial charge on any atom is 0.320 e. The van der Waals surface area contributed by atoms with Crippen molar-refractivity contribution in [3.63, 3.8) is 0 Å². The number of esters is 1. The van der Waals surface area contributed by atoms with Crippen LogP contribution < -0.4 is 0 Å². The van der Waals surface area contributed by atoms with Gasteiger partial charge in [0.15, 0.2) is 0 Å². The van der Waals surface area contributed by atoms with Crippen LogP contribution in [0.25, 0.3) is 0 Å². The highest BCUT2D eigenvalue weighted by atomic mass is 32.2. The highest BCUT2D eigenvalue weighted by Crippen LogP contribution is 2.37. The van der Waals surface area contributed by atoms with Gasteiger partial charge in [-0.25, -0.2) is 0 Å². The van der Waals surface area contributed by atoms with Gasteiger partial charge in [0, 0.05) is 4.90 Å². The molecule has 1 heterocycles. The Kier molecular flexibility index (Phi) is 3.56. The molecule has 2 aromatic carbocycles. The molecule has 19 heavy (non-hydrogen) atoms. The van der Waals surface area contributed by atoms with Crippen LogP contribution in [0, 0.1) is 0 Å². The lowest BCUT2D eigenvalue weighted by Crippen LogP contribution is -2.19. The molecule has 0 fully saturated rings. The third-order valence-electron chi connectivity index (χ3n) is 3.13. The number of carbonyl (C=O) groups is 1. The lowest BCUT2D eigenvalue weighted by molar-refractivity contribution is -0.144. The Labute approximate surface area is 116 Å². The molecule has 0 radical (unpaired) electrons. The molecule has 0 aromatic heterocycles. The van der Waals surface area contributed by atoms with Crippen molar-refractivity contribution in [2.24, 2.45) is 0 Å². The van der Waals surface area contributed by atoms with Crippen molar-refractivity contribution in [1.29, 1.82) is 0 Å². The lowest BCUT2D eigenvalue weighted by Gasteiger charge is -2.09. The molecule has 2 aromatic rings. The lowest BCUT2D eigenvalue weighted by atomic mass is 10.1. The number of hydrogen-bond donors (Lipinski definition) is 0. The maximum absolute atomic E-state index is 12.0. The first-order valence-electron chi connectivity index (χ1n) is 6.28. The van der Waals surface area contributed by atoms with E-state index in [2.05, 4.69) is 12.1 Å². The number of fused-ring (bicyclic) bond motifs is 1. The van der Waals surface area contributed by atoms with E-state index in [-0.39, 0.29) is 11.2 Å². The van der Waals surface area contributed by atoms with Crippen LogP contribution in [0.3, 0.4) is 0 Å².